The second kappa shape index (κ2) is 10.1. The second-order valence-corrected chi connectivity index (χ2v) is 9.61. The Bertz CT molecular complexity index is 1280. The summed E-state index contributed by atoms with van der Waals surface area (Å²) < 4.78 is 33.6. The molecule has 3 aromatic rings. The van der Waals surface area contributed by atoms with E-state index in [4.69, 9.17) is 9.84 Å². The summed E-state index contributed by atoms with van der Waals surface area (Å²) in [5.41, 5.74) is 2.18. The molecule has 8 nitrogen and oxygen atoms in total. The van der Waals surface area contributed by atoms with Crippen LogP contribution >= 0.6 is 0 Å². The molecule has 3 aromatic carbocycles. The molecule has 34 heavy (non-hydrogen) atoms. The van der Waals surface area contributed by atoms with Gasteiger partial charge in [-0.25, -0.2) is 17.9 Å². The minimum Gasteiger partial charge on any atom is -0.482 e. The van der Waals surface area contributed by atoms with Crippen LogP contribution in [0.4, 0.5) is 0 Å². The maximum atomic E-state index is 13.3. The monoisotopic (exact) mass is 480 g/mol. The Labute approximate surface area is 197 Å². The number of rotatable bonds is 8. The normalized spacial score (nSPS) is 15.4. The summed E-state index contributed by atoms with van der Waals surface area (Å²) in [7, 11) is -3.78. The molecule has 1 unspecified atom stereocenters. The molecule has 1 atom stereocenters. The number of carboxylic acid groups (broad SMARTS) is 1. The van der Waals surface area contributed by atoms with Crippen molar-refractivity contribution in [1.29, 1.82) is 0 Å². The van der Waals surface area contributed by atoms with Gasteiger partial charge in [0.05, 0.1) is 10.9 Å². The van der Waals surface area contributed by atoms with E-state index in [-0.39, 0.29) is 17.3 Å². The Morgan fingerprint density at radius 3 is 2.35 bits per heavy atom. The Morgan fingerprint density at radius 1 is 1.00 bits per heavy atom. The molecule has 9 heteroatoms. The molecule has 4 rings (SSSR count). The lowest BCUT2D eigenvalue weighted by Crippen LogP contribution is -2.45. The third-order valence-corrected chi connectivity index (χ3v) is 7.08. The quantitative estimate of drug-likeness (QED) is 0.513. The first kappa shape index (κ1) is 23.5. The van der Waals surface area contributed by atoms with Crippen LogP contribution in [0.3, 0.4) is 0 Å². The highest BCUT2D eigenvalue weighted by atomic mass is 32.2. The van der Waals surface area contributed by atoms with Crippen LogP contribution in [0.5, 0.6) is 5.75 Å². The first-order chi connectivity index (χ1) is 16.3. The van der Waals surface area contributed by atoms with E-state index in [0.717, 1.165) is 11.1 Å². The lowest BCUT2D eigenvalue weighted by Gasteiger charge is -2.37. The highest BCUT2D eigenvalue weighted by Crippen LogP contribution is 2.33. The molecule has 0 saturated carbocycles. The molecule has 1 amide bonds. The van der Waals surface area contributed by atoms with Crippen LogP contribution in [0, 0.1) is 0 Å². The van der Waals surface area contributed by atoms with Gasteiger partial charge in [-0.3, -0.25) is 4.79 Å². The van der Waals surface area contributed by atoms with Gasteiger partial charge >= 0.3 is 5.97 Å². The number of sulfonamides is 1. The third kappa shape index (κ3) is 5.27. The van der Waals surface area contributed by atoms with E-state index in [1.165, 1.54) is 12.1 Å². The van der Waals surface area contributed by atoms with Gasteiger partial charge in [-0.05, 0) is 53.9 Å². The fraction of sp³-hybridized carbons (Fsp3) is 0.200. The number of carbonyl (C=O) groups excluding carboxylic acids is 1. The van der Waals surface area contributed by atoms with Crippen molar-refractivity contribution < 1.29 is 27.9 Å². The number of nitrogens with one attached hydrogen (secondary N) is 1. The minimum absolute atomic E-state index is 0.0157. The highest BCUT2D eigenvalue weighted by Gasteiger charge is 2.32. The highest BCUT2D eigenvalue weighted by molar-refractivity contribution is 7.89. The molecule has 0 fully saturated rings. The van der Waals surface area contributed by atoms with E-state index in [1.807, 2.05) is 6.07 Å². The number of carbonyl (C=O) groups is 2. The van der Waals surface area contributed by atoms with Crippen molar-refractivity contribution in [2.75, 3.05) is 19.7 Å². The fourth-order valence-electron chi connectivity index (χ4n) is 4.00. The van der Waals surface area contributed by atoms with Gasteiger partial charge in [-0.1, -0.05) is 42.5 Å². The van der Waals surface area contributed by atoms with Crippen LogP contribution in [0.15, 0.2) is 83.8 Å². The Kier molecular flexibility index (Phi) is 6.95. The van der Waals surface area contributed by atoms with E-state index in [0.29, 0.717) is 24.3 Å². The summed E-state index contributed by atoms with van der Waals surface area (Å²) in [5.74, 6) is -0.862. The van der Waals surface area contributed by atoms with Crippen molar-refractivity contribution in [3.05, 3.63) is 95.6 Å². The molecular weight excluding hydrogens is 456 g/mol. The average Bonchev–Trinajstić information content (AvgIpc) is 2.86. The maximum absolute atomic E-state index is 13.3. The van der Waals surface area contributed by atoms with E-state index >= 15 is 0 Å². The van der Waals surface area contributed by atoms with E-state index < -0.39 is 28.6 Å². The van der Waals surface area contributed by atoms with Crippen LogP contribution in [0.25, 0.3) is 0 Å². The predicted octanol–water partition coefficient (Wildman–Crippen LogP) is 2.87. The number of aliphatic carboxylic acids is 1. The second-order valence-electron chi connectivity index (χ2n) is 7.84. The van der Waals surface area contributed by atoms with Crippen molar-refractivity contribution >= 4 is 21.9 Å². The minimum atomic E-state index is -3.78. The van der Waals surface area contributed by atoms with Crippen LogP contribution in [-0.2, 0) is 21.2 Å². The van der Waals surface area contributed by atoms with Crippen molar-refractivity contribution in [2.24, 2.45) is 0 Å². The summed E-state index contributed by atoms with van der Waals surface area (Å²) in [5, 5.41) is 8.87. The van der Waals surface area contributed by atoms with Gasteiger partial charge in [0.25, 0.3) is 5.91 Å². The van der Waals surface area contributed by atoms with Gasteiger partial charge < -0.3 is 14.7 Å². The van der Waals surface area contributed by atoms with Crippen LogP contribution < -0.4 is 9.46 Å². The smallest absolute Gasteiger partial charge is 0.341 e. The summed E-state index contributed by atoms with van der Waals surface area (Å²) in [4.78, 5) is 26.0. The van der Waals surface area contributed by atoms with Crippen molar-refractivity contribution in [2.45, 2.75) is 17.4 Å². The molecule has 0 saturated heterocycles. The van der Waals surface area contributed by atoms with Gasteiger partial charge in [-0.15, -0.1) is 0 Å². The predicted molar refractivity (Wildman–Crippen MR) is 125 cm³/mol. The summed E-state index contributed by atoms with van der Waals surface area (Å²) in [6.07, 6.45) is 0.528. The van der Waals surface area contributed by atoms with Gasteiger partial charge in [0.2, 0.25) is 10.0 Å². The zero-order chi connectivity index (χ0) is 24.1. The topological polar surface area (TPSA) is 113 Å². The van der Waals surface area contributed by atoms with E-state index in [1.54, 1.807) is 65.6 Å². The molecule has 1 aliphatic heterocycles. The number of nitrogens with zero attached hydrogens (tertiary/aromatic N) is 1. The molecule has 1 heterocycles. The van der Waals surface area contributed by atoms with Gasteiger partial charge in [0.15, 0.2) is 6.61 Å². The largest absolute Gasteiger partial charge is 0.482 e. The molecular formula is C25H24N2O6S. The van der Waals surface area contributed by atoms with Crippen LogP contribution in [-0.4, -0.2) is 50.0 Å². The molecule has 1 aliphatic rings. The first-order valence-corrected chi connectivity index (χ1v) is 12.2. The number of benzene rings is 3. The molecule has 0 radical (unpaired) electrons. The Morgan fingerprint density at radius 2 is 1.68 bits per heavy atom. The molecule has 176 valence electrons. The number of fused-ring (bicyclic) bond motifs is 1. The maximum Gasteiger partial charge on any atom is 0.341 e. The lowest BCUT2D eigenvalue weighted by atomic mass is 9.91. The summed E-state index contributed by atoms with van der Waals surface area (Å²) >= 11 is 0. The van der Waals surface area contributed by atoms with Crippen LogP contribution in [0.2, 0.25) is 0 Å². The number of ether oxygens (including phenoxy) is 1. The molecule has 0 bridgehead atoms. The van der Waals surface area contributed by atoms with Gasteiger partial charge in [0, 0.05) is 18.7 Å². The first-order valence-electron chi connectivity index (χ1n) is 10.7. The molecule has 2 N–H and O–H groups in total. The number of hydrogen-bond donors (Lipinski definition) is 2. The van der Waals surface area contributed by atoms with Crippen molar-refractivity contribution in [1.82, 2.24) is 9.62 Å². The Hall–Kier alpha value is -3.69. The van der Waals surface area contributed by atoms with E-state index in [9.17, 15) is 18.0 Å². The van der Waals surface area contributed by atoms with Gasteiger partial charge in [-0.2, -0.15) is 0 Å². The zero-order valence-electron chi connectivity index (χ0n) is 18.3. The number of carboxylic acids is 1. The zero-order valence-corrected chi connectivity index (χ0v) is 19.1. The lowest BCUT2D eigenvalue weighted by molar-refractivity contribution is -0.139. The van der Waals surface area contributed by atoms with Gasteiger partial charge in [0.1, 0.15) is 5.75 Å². The fourth-order valence-corrected chi connectivity index (χ4v) is 5.06. The number of hydrogen-bond acceptors (Lipinski definition) is 5. The van der Waals surface area contributed by atoms with Crippen LogP contribution in [0.1, 0.15) is 27.5 Å². The standard InChI is InChI=1S/C25H24N2O6S/c28-24(29)17-33-20-11-12-22-19(15-20)13-14-27(25(30)18-7-3-1-4-8-18)23(22)16-26-34(31,32)21-9-5-2-6-10-21/h1-12,15,23,26H,13-14,16-17H2,(H,28,29). The molecule has 0 aromatic heterocycles. The summed E-state index contributed by atoms with van der Waals surface area (Å²) in [6.45, 7) is -0.101. The van der Waals surface area contributed by atoms with Crippen molar-refractivity contribution in [3.8, 4) is 5.75 Å². The molecule has 0 aliphatic carbocycles. The number of amides is 1. The van der Waals surface area contributed by atoms with Crippen molar-refractivity contribution in [3.63, 3.8) is 0 Å². The average molecular weight is 481 g/mol. The SMILES string of the molecule is O=C(O)COc1ccc2c(c1)CCN(C(=O)c1ccccc1)C2CNS(=O)(=O)c1ccccc1. The third-order valence-electron chi connectivity index (χ3n) is 5.64. The van der Waals surface area contributed by atoms with E-state index in [2.05, 4.69) is 4.72 Å². The molecule has 0 spiro atoms. The summed E-state index contributed by atoms with van der Waals surface area (Å²) in [6, 6.07) is 21.5. The Balaban J connectivity index is 1.64.